The van der Waals surface area contributed by atoms with Crippen molar-refractivity contribution in [3.8, 4) is 16.9 Å². The van der Waals surface area contributed by atoms with Crippen LogP contribution in [0, 0.1) is 0 Å². The molecule has 1 amide bonds. The third-order valence-corrected chi connectivity index (χ3v) is 3.71. The van der Waals surface area contributed by atoms with Crippen LogP contribution < -0.4 is 10.1 Å². The standard InChI is InChI=1S/C20H16ClNO2/c21-16-10-12-17(13-11-16)22-20(23)14-24-19-9-5-4-8-18(19)15-6-2-1-3-7-15/h1-13H,14H2,(H,22,23). The van der Waals surface area contributed by atoms with E-state index in [1.807, 2.05) is 54.6 Å². The van der Waals surface area contributed by atoms with Gasteiger partial charge in [0.05, 0.1) is 0 Å². The van der Waals surface area contributed by atoms with E-state index in [0.29, 0.717) is 16.5 Å². The van der Waals surface area contributed by atoms with Gasteiger partial charge in [0.15, 0.2) is 6.61 Å². The first-order valence-corrected chi connectivity index (χ1v) is 7.93. The maximum absolute atomic E-state index is 12.0. The molecular weight excluding hydrogens is 322 g/mol. The molecule has 0 saturated heterocycles. The molecule has 0 saturated carbocycles. The summed E-state index contributed by atoms with van der Waals surface area (Å²) in [5.74, 6) is 0.454. The molecule has 3 rings (SSSR count). The van der Waals surface area contributed by atoms with Crippen LogP contribution in [-0.4, -0.2) is 12.5 Å². The number of hydrogen-bond donors (Lipinski definition) is 1. The molecule has 0 spiro atoms. The Morgan fingerprint density at radius 3 is 2.29 bits per heavy atom. The van der Waals surface area contributed by atoms with Crippen molar-refractivity contribution in [3.05, 3.63) is 83.9 Å². The smallest absolute Gasteiger partial charge is 0.262 e. The largest absolute Gasteiger partial charge is 0.483 e. The van der Waals surface area contributed by atoms with E-state index in [1.54, 1.807) is 24.3 Å². The van der Waals surface area contributed by atoms with Gasteiger partial charge in [-0.15, -0.1) is 0 Å². The van der Waals surface area contributed by atoms with E-state index in [1.165, 1.54) is 0 Å². The SMILES string of the molecule is O=C(COc1ccccc1-c1ccccc1)Nc1ccc(Cl)cc1. The third kappa shape index (κ3) is 4.15. The second-order valence-electron chi connectivity index (χ2n) is 5.21. The normalized spacial score (nSPS) is 10.2. The van der Waals surface area contributed by atoms with E-state index in [9.17, 15) is 4.79 Å². The first-order valence-electron chi connectivity index (χ1n) is 7.55. The van der Waals surface area contributed by atoms with E-state index >= 15 is 0 Å². The van der Waals surface area contributed by atoms with Crippen LogP contribution in [0.2, 0.25) is 5.02 Å². The van der Waals surface area contributed by atoms with Gasteiger partial charge in [-0.3, -0.25) is 4.79 Å². The summed E-state index contributed by atoms with van der Waals surface area (Å²) < 4.78 is 5.71. The molecule has 0 radical (unpaired) electrons. The van der Waals surface area contributed by atoms with Gasteiger partial charge in [-0.05, 0) is 35.9 Å². The number of hydrogen-bond acceptors (Lipinski definition) is 2. The summed E-state index contributed by atoms with van der Waals surface area (Å²) in [7, 11) is 0. The second-order valence-corrected chi connectivity index (χ2v) is 5.64. The van der Waals surface area contributed by atoms with Gasteiger partial charge in [0.2, 0.25) is 0 Å². The number of anilines is 1. The van der Waals surface area contributed by atoms with Crippen LogP contribution in [0.4, 0.5) is 5.69 Å². The van der Waals surface area contributed by atoms with Crippen LogP contribution in [-0.2, 0) is 4.79 Å². The third-order valence-electron chi connectivity index (χ3n) is 3.46. The van der Waals surface area contributed by atoms with Crippen LogP contribution in [0.5, 0.6) is 5.75 Å². The average Bonchev–Trinajstić information content (AvgIpc) is 2.63. The zero-order valence-electron chi connectivity index (χ0n) is 12.9. The van der Waals surface area contributed by atoms with E-state index in [4.69, 9.17) is 16.3 Å². The zero-order valence-corrected chi connectivity index (χ0v) is 13.7. The van der Waals surface area contributed by atoms with Gasteiger partial charge < -0.3 is 10.1 Å². The lowest BCUT2D eigenvalue weighted by molar-refractivity contribution is -0.118. The highest BCUT2D eigenvalue weighted by Gasteiger charge is 2.08. The maximum Gasteiger partial charge on any atom is 0.262 e. The Morgan fingerprint density at radius 1 is 0.875 bits per heavy atom. The molecule has 0 heterocycles. The van der Waals surface area contributed by atoms with Crippen molar-refractivity contribution in [1.82, 2.24) is 0 Å². The summed E-state index contributed by atoms with van der Waals surface area (Å²) in [5, 5.41) is 3.40. The van der Waals surface area contributed by atoms with E-state index < -0.39 is 0 Å². The van der Waals surface area contributed by atoms with E-state index in [-0.39, 0.29) is 12.5 Å². The number of rotatable bonds is 5. The summed E-state index contributed by atoms with van der Waals surface area (Å²) >= 11 is 5.83. The van der Waals surface area contributed by atoms with Crippen molar-refractivity contribution in [1.29, 1.82) is 0 Å². The average molecular weight is 338 g/mol. The number of carbonyl (C=O) groups excluding carboxylic acids is 1. The molecule has 120 valence electrons. The molecule has 0 bridgehead atoms. The van der Waals surface area contributed by atoms with Gasteiger partial charge in [0, 0.05) is 16.3 Å². The predicted molar refractivity (Wildman–Crippen MR) is 97.5 cm³/mol. The highest BCUT2D eigenvalue weighted by molar-refractivity contribution is 6.30. The molecule has 0 atom stereocenters. The van der Waals surface area contributed by atoms with Crippen molar-refractivity contribution >= 4 is 23.2 Å². The molecule has 24 heavy (non-hydrogen) atoms. The summed E-state index contributed by atoms with van der Waals surface area (Å²) in [6, 6.07) is 24.5. The fourth-order valence-corrected chi connectivity index (χ4v) is 2.45. The number of nitrogens with one attached hydrogen (secondary N) is 1. The van der Waals surface area contributed by atoms with Crippen LogP contribution in [0.25, 0.3) is 11.1 Å². The first-order chi connectivity index (χ1) is 11.7. The van der Waals surface area contributed by atoms with Crippen molar-refractivity contribution < 1.29 is 9.53 Å². The van der Waals surface area contributed by atoms with E-state index in [2.05, 4.69) is 5.32 Å². The molecule has 1 N–H and O–H groups in total. The molecule has 4 heteroatoms. The van der Waals surface area contributed by atoms with Crippen LogP contribution in [0.3, 0.4) is 0 Å². The minimum Gasteiger partial charge on any atom is -0.483 e. The lowest BCUT2D eigenvalue weighted by Crippen LogP contribution is -2.20. The Hall–Kier alpha value is -2.78. The first kappa shape index (κ1) is 16.1. The summed E-state index contributed by atoms with van der Waals surface area (Å²) in [6.45, 7) is -0.0630. The molecule has 0 fully saturated rings. The molecule has 0 aliphatic heterocycles. The van der Waals surface area contributed by atoms with E-state index in [0.717, 1.165) is 11.1 Å². The topological polar surface area (TPSA) is 38.3 Å². The fourth-order valence-electron chi connectivity index (χ4n) is 2.32. The van der Waals surface area contributed by atoms with Crippen LogP contribution in [0.1, 0.15) is 0 Å². The molecule has 0 aromatic heterocycles. The highest BCUT2D eigenvalue weighted by atomic mass is 35.5. The van der Waals surface area contributed by atoms with Crippen molar-refractivity contribution in [2.45, 2.75) is 0 Å². The van der Waals surface area contributed by atoms with Crippen LogP contribution >= 0.6 is 11.6 Å². The van der Waals surface area contributed by atoms with Gasteiger partial charge >= 0.3 is 0 Å². The Bertz CT molecular complexity index is 817. The zero-order chi connectivity index (χ0) is 16.8. The Kier molecular flexibility index (Phi) is 5.14. The quantitative estimate of drug-likeness (QED) is 0.709. The van der Waals surface area contributed by atoms with Gasteiger partial charge in [0.1, 0.15) is 5.75 Å². The molecule has 3 nitrogen and oxygen atoms in total. The fraction of sp³-hybridized carbons (Fsp3) is 0.0500. The van der Waals surface area contributed by atoms with Crippen LogP contribution in [0.15, 0.2) is 78.9 Å². The molecule has 3 aromatic carbocycles. The molecule has 3 aromatic rings. The second kappa shape index (κ2) is 7.66. The predicted octanol–water partition coefficient (Wildman–Crippen LogP) is 5.02. The Labute approximate surface area is 145 Å². The van der Waals surface area contributed by atoms with Gasteiger partial charge in [-0.1, -0.05) is 60.1 Å². The number of ether oxygens (including phenoxy) is 1. The number of carbonyl (C=O) groups is 1. The van der Waals surface area contributed by atoms with Crippen molar-refractivity contribution in [2.75, 3.05) is 11.9 Å². The number of benzene rings is 3. The minimum atomic E-state index is -0.222. The highest BCUT2D eigenvalue weighted by Crippen LogP contribution is 2.29. The summed E-state index contributed by atoms with van der Waals surface area (Å²) in [6.07, 6.45) is 0. The molecule has 0 unspecified atom stereocenters. The number of para-hydroxylation sites is 1. The molecule has 0 aliphatic rings. The lowest BCUT2D eigenvalue weighted by Gasteiger charge is -2.12. The summed E-state index contributed by atoms with van der Waals surface area (Å²) in [5.41, 5.74) is 2.69. The molecule has 0 aliphatic carbocycles. The number of amides is 1. The lowest BCUT2D eigenvalue weighted by atomic mass is 10.1. The Balaban J connectivity index is 1.66. The van der Waals surface area contributed by atoms with Gasteiger partial charge in [0.25, 0.3) is 5.91 Å². The van der Waals surface area contributed by atoms with Crippen molar-refractivity contribution in [3.63, 3.8) is 0 Å². The monoisotopic (exact) mass is 337 g/mol. The number of halogens is 1. The minimum absolute atomic E-state index is 0.0630. The Morgan fingerprint density at radius 2 is 1.54 bits per heavy atom. The molecular formula is C20H16ClNO2. The van der Waals surface area contributed by atoms with Gasteiger partial charge in [-0.2, -0.15) is 0 Å². The maximum atomic E-state index is 12.0. The van der Waals surface area contributed by atoms with Crippen molar-refractivity contribution in [2.24, 2.45) is 0 Å². The summed E-state index contributed by atoms with van der Waals surface area (Å²) in [4.78, 5) is 12.0. The van der Waals surface area contributed by atoms with Gasteiger partial charge in [-0.25, -0.2) is 0 Å².